The van der Waals surface area contributed by atoms with Crippen molar-refractivity contribution in [1.82, 2.24) is 10.2 Å². The number of nitrogens with two attached hydrogens (primary N) is 2. The normalized spacial score (nSPS) is 29.1. The van der Waals surface area contributed by atoms with Crippen LogP contribution in [0.15, 0.2) is 29.6 Å². The van der Waals surface area contributed by atoms with Crippen LogP contribution in [0, 0.1) is 11.6 Å². The first-order chi connectivity index (χ1) is 11.0. The van der Waals surface area contributed by atoms with Crippen LogP contribution in [0.5, 0.6) is 0 Å². The van der Waals surface area contributed by atoms with Crippen molar-refractivity contribution in [2.75, 3.05) is 26.7 Å². The van der Waals surface area contributed by atoms with Crippen LogP contribution in [-0.2, 0) is 4.74 Å². The van der Waals surface area contributed by atoms with Crippen molar-refractivity contribution >= 4 is 0 Å². The molecule has 0 unspecified atom stereocenters. The molecule has 1 aromatic carbocycles. The summed E-state index contributed by atoms with van der Waals surface area (Å²) in [6.45, 7) is 1.80. The van der Waals surface area contributed by atoms with Gasteiger partial charge in [-0.15, -0.1) is 0 Å². The molecular formula is C16H22F2N4O. The maximum atomic E-state index is 13.9. The van der Waals surface area contributed by atoms with E-state index < -0.39 is 23.8 Å². The number of benzene rings is 1. The van der Waals surface area contributed by atoms with Gasteiger partial charge in [-0.1, -0.05) is 0 Å². The first kappa shape index (κ1) is 16.2. The van der Waals surface area contributed by atoms with E-state index in [-0.39, 0.29) is 11.6 Å². The Balaban J connectivity index is 1.68. The van der Waals surface area contributed by atoms with Gasteiger partial charge in [0.05, 0.1) is 6.61 Å². The molecule has 0 bridgehead atoms. The van der Waals surface area contributed by atoms with Crippen LogP contribution in [0.2, 0.25) is 0 Å². The van der Waals surface area contributed by atoms with Gasteiger partial charge in [0.1, 0.15) is 17.7 Å². The molecule has 2 aliphatic rings. The SMILES string of the molecule is CNC1=C(N)CN([C@H]2CO[C@H](c3cc(F)ccc3F)[C@@H](N)C2)C1. The Hall–Kier alpha value is -1.70. The van der Waals surface area contributed by atoms with Crippen LogP contribution in [0.1, 0.15) is 18.1 Å². The molecule has 2 aliphatic heterocycles. The van der Waals surface area contributed by atoms with Gasteiger partial charge in [-0.05, 0) is 24.6 Å². The van der Waals surface area contributed by atoms with Crippen molar-refractivity contribution in [2.24, 2.45) is 11.5 Å². The molecule has 1 aromatic rings. The molecule has 0 aliphatic carbocycles. The van der Waals surface area contributed by atoms with Crippen molar-refractivity contribution in [3.05, 3.63) is 46.8 Å². The molecule has 3 atom stereocenters. The van der Waals surface area contributed by atoms with Gasteiger partial charge in [-0.3, -0.25) is 4.90 Å². The highest BCUT2D eigenvalue weighted by molar-refractivity contribution is 5.24. The highest BCUT2D eigenvalue weighted by Crippen LogP contribution is 2.32. The van der Waals surface area contributed by atoms with Gasteiger partial charge in [0.2, 0.25) is 0 Å². The Labute approximate surface area is 134 Å². The summed E-state index contributed by atoms with van der Waals surface area (Å²) >= 11 is 0. The van der Waals surface area contributed by atoms with Crippen molar-refractivity contribution in [1.29, 1.82) is 0 Å². The molecule has 2 heterocycles. The Morgan fingerprint density at radius 2 is 2.09 bits per heavy atom. The third-order valence-electron chi connectivity index (χ3n) is 4.61. The molecular weight excluding hydrogens is 302 g/mol. The second kappa shape index (κ2) is 6.43. The van der Waals surface area contributed by atoms with Gasteiger partial charge in [0.15, 0.2) is 0 Å². The van der Waals surface area contributed by atoms with Crippen LogP contribution < -0.4 is 16.8 Å². The standard InChI is InChI=1S/C16H22F2N4O/c1-21-15-7-22(6-14(15)20)10-5-13(19)16(23-8-10)11-4-9(17)2-3-12(11)18/h2-4,10,13,16,21H,5-8,19-20H2,1H3/t10-,13+,16-/m1/s1. The van der Waals surface area contributed by atoms with Crippen molar-refractivity contribution < 1.29 is 13.5 Å². The number of hydrogen-bond donors (Lipinski definition) is 3. The van der Waals surface area contributed by atoms with Gasteiger partial charge < -0.3 is 21.5 Å². The average molecular weight is 324 g/mol. The summed E-state index contributed by atoms with van der Waals surface area (Å²) in [7, 11) is 1.84. The Bertz CT molecular complexity index is 622. The van der Waals surface area contributed by atoms with E-state index in [0.717, 1.165) is 36.1 Å². The fourth-order valence-electron chi connectivity index (χ4n) is 3.32. The van der Waals surface area contributed by atoms with Crippen molar-refractivity contribution in [2.45, 2.75) is 24.6 Å². The van der Waals surface area contributed by atoms with E-state index in [4.69, 9.17) is 16.2 Å². The smallest absolute Gasteiger partial charge is 0.129 e. The lowest BCUT2D eigenvalue weighted by Gasteiger charge is -2.38. The molecule has 1 fully saturated rings. The molecule has 23 heavy (non-hydrogen) atoms. The van der Waals surface area contributed by atoms with E-state index in [2.05, 4.69) is 10.2 Å². The molecule has 7 heteroatoms. The Morgan fingerprint density at radius 3 is 2.74 bits per heavy atom. The van der Waals surface area contributed by atoms with Crippen molar-refractivity contribution in [3.63, 3.8) is 0 Å². The molecule has 5 nitrogen and oxygen atoms in total. The predicted octanol–water partition coefficient (Wildman–Crippen LogP) is 0.827. The minimum Gasteiger partial charge on any atom is -0.400 e. The van der Waals surface area contributed by atoms with Gasteiger partial charge in [-0.25, -0.2) is 8.78 Å². The third kappa shape index (κ3) is 3.17. The minimum absolute atomic E-state index is 0.113. The molecule has 126 valence electrons. The molecule has 0 aromatic heterocycles. The molecule has 1 saturated heterocycles. The zero-order valence-corrected chi connectivity index (χ0v) is 13.1. The van der Waals surface area contributed by atoms with Crippen LogP contribution in [-0.4, -0.2) is 43.7 Å². The second-order valence-corrected chi connectivity index (χ2v) is 6.13. The monoisotopic (exact) mass is 324 g/mol. The third-order valence-corrected chi connectivity index (χ3v) is 4.61. The molecule has 0 radical (unpaired) electrons. The zero-order valence-electron chi connectivity index (χ0n) is 13.1. The molecule has 0 saturated carbocycles. The van der Waals surface area contributed by atoms with E-state index >= 15 is 0 Å². The van der Waals surface area contributed by atoms with Crippen LogP contribution in [0.3, 0.4) is 0 Å². The number of ether oxygens (including phenoxy) is 1. The zero-order chi connectivity index (χ0) is 16.6. The molecule has 0 amide bonds. The topological polar surface area (TPSA) is 76.5 Å². The van der Waals surface area contributed by atoms with E-state index in [1.54, 1.807) is 0 Å². The summed E-state index contributed by atoms with van der Waals surface area (Å²) in [6, 6.07) is 3.08. The van der Waals surface area contributed by atoms with Crippen LogP contribution >= 0.6 is 0 Å². The summed E-state index contributed by atoms with van der Waals surface area (Å²) in [6.07, 6.45) is 0.0175. The number of nitrogens with zero attached hydrogens (tertiary/aromatic N) is 1. The largest absolute Gasteiger partial charge is 0.400 e. The molecule has 5 N–H and O–H groups in total. The summed E-state index contributed by atoms with van der Waals surface area (Å²) < 4.78 is 33.1. The molecule has 3 rings (SSSR count). The Kier molecular flexibility index (Phi) is 4.52. The minimum atomic E-state index is -0.626. The van der Waals surface area contributed by atoms with E-state index in [9.17, 15) is 8.78 Å². The fourth-order valence-corrected chi connectivity index (χ4v) is 3.32. The number of rotatable bonds is 3. The fraction of sp³-hybridized carbons (Fsp3) is 0.500. The average Bonchev–Trinajstić information content (AvgIpc) is 2.91. The number of nitrogens with one attached hydrogen (secondary N) is 1. The van der Waals surface area contributed by atoms with Crippen molar-refractivity contribution in [3.8, 4) is 0 Å². The summed E-state index contributed by atoms with van der Waals surface area (Å²) in [4.78, 5) is 2.19. The number of likely N-dealkylation sites (N-methyl/N-ethyl adjacent to an activating group) is 1. The van der Waals surface area contributed by atoms with Gasteiger partial charge in [0.25, 0.3) is 0 Å². The first-order valence-electron chi connectivity index (χ1n) is 7.71. The summed E-state index contributed by atoms with van der Waals surface area (Å²) in [5.74, 6) is -0.982. The first-order valence-corrected chi connectivity index (χ1v) is 7.71. The van der Waals surface area contributed by atoms with E-state index in [1.165, 1.54) is 0 Å². The summed E-state index contributed by atoms with van der Waals surface area (Å²) in [5, 5.41) is 3.09. The quantitative estimate of drug-likeness (QED) is 0.768. The van der Waals surface area contributed by atoms with Gasteiger partial charge >= 0.3 is 0 Å². The van der Waals surface area contributed by atoms with Crippen LogP contribution in [0.4, 0.5) is 8.78 Å². The van der Waals surface area contributed by atoms with Crippen LogP contribution in [0.25, 0.3) is 0 Å². The van der Waals surface area contributed by atoms with Gasteiger partial charge in [-0.2, -0.15) is 0 Å². The highest BCUT2D eigenvalue weighted by atomic mass is 19.1. The van der Waals surface area contributed by atoms with E-state index in [0.29, 0.717) is 19.6 Å². The lowest BCUT2D eigenvalue weighted by molar-refractivity contribution is -0.0465. The van der Waals surface area contributed by atoms with Gasteiger partial charge in [0, 0.05) is 49.2 Å². The second-order valence-electron chi connectivity index (χ2n) is 6.13. The number of halogens is 2. The summed E-state index contributed by atoms with van der Waals surface area (Å²) in [5.41, 5.74) is 14.2. The van der Waals surface area contributed by atoms with E-state index in [1.807, 2.05) is 7.05 Å². The lowest BCUT2D eigenvalue weighted by atomic mass is 9.93. The highest BCUT2D eigenvalue weighted by Gasteiger charge is 2.36. The Morgan fingerprint density at radius 1 is 1.30 bits per heavy atom. The maximum Gasteiger partial charge on any atom is 0.129 e. The lowest BCUT2D eigenvalue weighted by Crippen LogP contribution is -2.49. The molecule has 0 spiro atoms. The predicted molar refractivity (Wildman–Crippen MR) is 83.3 cm³/mol. The maximum absolute atomic E-state index is 13.9. The number of hydrogen-bond acceptors (Lipinski definition) is 5.